The molecule has 3 aromatic rings. The number of carbonyl (C=O) groups is 1. The Morgan fingerprint density at radius 2 is 2.00 bits per heavy atom. The summed E-state index contributed by atoms with van der Waals surface area (Å²) in [5.74, 6) is 1.39. The molecule has 32 heavy (non-hydrogen) atoms. The number of piperidine rings is 1. The molecule has 2 aromatic carbocycles. The second-order valence-electron chi connectivity index (χ2n) is 7.66. The number of likely N-dealkylation sites (tertiary alicyclic amines) is 1. The standard InChI is InChI=1S/C23H26FN5O3/c1-3-22(30)29-8-6-15(7-9-29)32-21-12-19-16(11-20(21)31-2)23(27-13-26-19)28-14-4-5-17(24)18(25)10-14/h4-5,10-13,15H,3,6-9,25H2,1-2H3,(H,26,27,28). The second kappa shape index (κ2) is 9.25. The summed E-state index contributed by atoms with van der Waals surface area (Å²) in [7, 11) is 1.58. The molecule has 0 unspecified atom stereocenters. The first-order chi connectivity index (χ1) is 15.5. The van der Waals surface area contributed by atoms with Gasteiger partial charge in [0.25, 0.3) is 0 Å². The van der Waals surface area contributed by atoms with Gasteiger partial charge in [-0.2, -0.15) is 0 Å². The van der Waals surface area contributed by atoms with E-state index in [1.54, 1.807) is 13.2 Å². The number of nitrogens with one attached hydrogen (secondary N) is 1. The van der Waals surface area contributed by atoms with E-state index in [9.17, 15) is 9.18 Å². The summed E-state index contributed by atoms with van der Waals surface area (Å²) in [5.41, 5.74) is 7.00. The molecule has 3 N–H and O–H groups in total. The molecule has 0 saturated carbocycles. The number of ether oxygens (including phenoxy) is 2. The molecule has 0 radical (unpaired) electrons. The smallest absolute Gasteiger partial charge is 0.222 e. The van der Waals surface area contributed by atoms with Gasteiger partial charge in [0.15, 0.2) is 11.5 Å². The van der Waals surface area contributed by atoms with Crippen LogP contribution in [0.15, 0.2) is 36.7 Å². The summed E-state index contributed by atoms with van der Waals surface area (Å²) >= 11 is 0. The molecule has 9 heteroatoms. The number of anilines is 3. The van der Waals surface area contributed by atoms with Gasteiger partial charge in [0.2, 0.25) is 5.91 Å². The van der Waals surface area contributed by atoms with Gasteiger partial charge >= 0.3 is 0 Å². The van der Waals surface area contributed by atoms with E-state index in [2.05, 4.69) is 15.3 Å². The van der Waals surface area contributed by atoms with Crippen LogP contribution in [-0.4, -0.2) is 47.1 Å². The lowest BCUT2D eigenvalue weighted by atomic mass is 10.1. The molecule has 0 spiro atoms. The number of nitrogens with zero attached hydrogens (tertiary/aromatic N) is 3. The summed E-state index contributed by atoms with van der Waals surface area (Å²) in [6, 6.07) is 8.03. The molecule has 168 valence electrons. The predicted octanol–water partition coefficient (Wildman–Crippen LogP) is 3.88. The highest BCUT2D eigenvalue weighted by atomic mass is 19.1. The van der Waals surface area contributed by atoms with Gasteiger partial charge in [0.05, 0.1) is 18.3 Å². The molecule has 1 fully saturated rings. The fourth-order valence-corrected chi connectivity index (χ4v) is 3.80. The van der Waals surface area contributed by atoms with Crippen LogP contribution in [0.5, 0.6) is 11.5 Å². The van der Waals surface area contributed by atoms with Crippen molar-refractivity contribution in [3.05, 3.63) is 42.5 Å². The highest BCUT2D eigenvalue weighted by Crippen LogP contribution is 2.36. The predicted molar refractivity (Wildman–Crippen MR) is 121 cm³/mol. The minimum atomic E-state index is -0.476. The van der Waals surface area contributed by atoms with Crippen LogP contribution in [0.1, 0.15) is 26.2 Å². The van der Waals surface area contributed by atoms with Gasteiger partial charge in [-0.3, -0.25) is 4.79 Å². The molecule has 4 rings (SSSR count). The van der Waals surface area contributed by atoms with Crippen LogP contribution in [-0.2, 0) is 4.79 Å². The van der Waals surface area contributed by atoms with Gasteiger partial charge in [-0.15, -0.1) is 0 Å². The highest BCUT2D eigenvalue weighted by Gasteiger charge is 2.24. The topological polar surface area (TPSA) is 103 Å². The zero-order valence-electron chi connectivity index (χ0n) is 18.1. The van der Waals surface area contributed by atoms with E-state index in [0.717, 1.165) is 18.2 Å². The Labute approximate surface area is 185 Å². The number of rotatable bonds is 6. The van der Waals surface area contributed by atoms with Crippen molar-refractivity contribution < 1.29 is 18.7 Å². The third-order valence-corrected chi connectivity index (χ3v) is 5.57. The van der Waals surface area contributed by atoms with Crippen molar-refractivity contribution in [2.45, 2.75) is 32.3 Å². The van der Waals surface area contributed by atoms with Crippen LogP contribution in [0.2, 0.25) is 0 Å². The number of amides is 1. The van der Waals surface area contributed by atoms with E-state index in [4.69, 9.17) is 15.2 Å². The van der Waals surface area contributed by atoms with Crippen molar-refractivity contribution in [1.82, 2.24) is 14.9 Å². The zero-order valence-corrected chi connectivity index (χ0v) is 18.1. The van der Waals surface area contributed by atoms with Gasteiger partial charge in [0.1, 0.15) is 24.1 Å². The Kier molecular flexibility index (Phi) is 6.25. The number of hydrogen-bond donors (Lipinski definition) is 2. The number of halogens is 1. The molecular formula is C23H26FN5O3. The average Bonchev–Trinajstić information content (AvgIpc) is 2.81. The molecule has 8 nitrogen and oxygen atoms in total. The molecule has 0 bridgehead atoms. The monoisotopic (exact) mass is 439 g/mol. The Bertz CT molecular complexity index is 1130. The highest BCUT2D eigenvalue weighted by molar-refractivity contribution is 5.93. The van der Waals surface area contributed by atoms with Crippen molar-refractivity contribution in [3.8, 4) is 11.5 Å². The lowest BCUT2D eigenvalue weighted by Gasteiger charge is -2.32. The number of hydrogen-bond acceptors (Lipinski definition) is 7. The minimum Gasteiger partial charge on any atom is -0.493 e. The molecule has 2 heterocycles. The maximum atomic E-state index is 13.5. The third kappa shape index (κ3) is 4.51. The van der Waals surface area contributed by atoms with Crippen molar-refractivity contribution in [1.29, 1.82) is 0 Å². The molecule has 0 aliphatic carbocycles. The number of methoxy groups -OCH3 is 1. The lowest BCUT2D eigenvalue weighted by molar-refractivity contribution is -0.132. The number of nitrogens with two attached hydrogens (primary N) is 1. The van der Waals surface area contributed by atoms with Crippen molar-refractivity contribution >= 4 is 34.0 Å². The van der Waals surface area contributed by atoms with Crippen LogP contribution < -0.4 is 20.5 Å². The van der Waals surface area contributed by atoms with Crippen LogP contribution in [0, 0.1) is 5.82 Å². The maximum Gasteiger partial charge on any atom is 0.222 e. The Morgan fingerprint density at radius 1 is 1.22 bits per heavy atom. The third-order valence-electron chi connectivity index (χ3n) is 5.57. The molecule has 1 amide bonds. The van der Waals surface area contributed by atoms with Crippen LogP contribution in [0.4, 0.5) is 21.6 Å². The summed E-state index contributed by atoms with van der Waals surface area (Å²) in [5, 5.41) is 3.88. The first-order valence-electron chi connectivity index (χ1n) is 10.6. The Balaban J connectivity index is 1.56. The van der Waals surface area contributed by atoms with E-state index in [0.29, 0.717) is 48.0 Å². The van der Waals surface area contributed by atoms with Gasteiger partial charge < -0.3 is 25.4 Å². The summed E-state index contributed by atoms with van der Waals surface area (Å²) in [6.07, 6.45) is 3.47. The maximum absolute atomic E-state index is 13.5. The second-order valence-corrected chi connectivity index (χ2v) is 7.66. The van der Waals surface area contributed by atoms with E-state index in [-0.39, 0.29) is 17.7 Å². The van der Waals surface area contributed by atoms with Crippen LogP contribution in [0.3, 0.4) is 0 Å². The first kappa shape index (κ1) is 21.6. The number of carbonyl (C=O) groups excluding carboxylic acids is 1. The number of nitrogen functional groups attached to an aromatic ring is 1. The molecule has 1 aliphatic rings. The number of benzene rings is 2. The number of aromatic nitrogens is 2. The van der Waals surface area contributed by atoms with Crippen molar-refractivity contribution in [3.63, 3.8) is 0 Å². The van der Waals surface area contributed by atoms with Gasteiger partial charge in [-0.25, -0.2) is 14.4 Å². The van der Waals surface area contributed by atoms with Crippen LogP contribution >= 0.6 is 0 Å². The summed E-state index contributed by atoms with van der Waals surface area (Å²) in [4.78, 5) is 22.5. The fraction of sp³-hybridized carbons (Fsp3) is 0.348. The molecular weight excluding hydrogens is 413 g/mol. The largest absolute Gasteiger partial charge is 0.493 e. The summed E-state index contributed by atoms with van der Waals surface area (Å²) < 4.78 is 25.3. The van der Waals surface area contributed by atoms with E-state index < -0.39 is 5.82 Å². The van der Waals surface area contributed by atoms with Crippen LogP contribution in [0.25, 0.3) is 10.9 Å². The first-order valence-corrected chi connectivity index (χ1v) is 10.6. The fourth-order valence-electron chi connectivity index (χ4n) is 3.80. The van der Waals surface area contributed by atoms with Crippen molar-refractivity contribution in [2.24, 2.45) is 0 Å². The Hall–Kier alpha value is -3.62. The number of fused-ring (bicyclic) bond motifs is 1. The van der Waals surface area contributed by atoms with Crippen molar-refractivity contribution in [2.75, 3.05) is 31.2 Å². The van der Waals surface area contributed by atoms with Gasteiger partial charge in [-0.05, 0) is 24.3 Å². The Morgan fingerprint density at radius 3 is 2.69 bits per heavy atom. The summed E-state index contributed by atoms with van der Waals surface area (Å²) in [6.45, 7) is 3.25. The van der Waals surface area contributed by atoms with E-state index in [1.807, 2.05) is 24.0 Å². The van der Waals surface area contributed by atoms with E-state index in [1.165, 1.54) is 18.5 Å². The molecule has 1 aromatic heterocycles. The lowest BCUT2D eigenvalue weighted by Crippen LogP contribution is -2.41. The molecule has 0 atom stereocenters. The molecule has 1 aliphatic heterocycles. The SMILES string of the molecule is CCC(=O)N1CCC(Oc2cc3ncnc(Nc4ccc(F)c(N)c4)c3cc2OC)CC1. The quantitative estimate of drug-likeness (QED) is 0.562. The van der Waals surface area contributed by atoms with E-state index >= 15 is 0 Å². The minimum absolute atomic E-state index is 0.0103. The zero-order chi connectivity index (χ0) is 22.7. The normalized spacial score (nSPS) is 14.4. The van der Waals surface area contributed by atoms with Gasteiger partial charge in [-0.1, -0.05) is 6.92 Å². The average molecular weight is 439 g/mol. The molecule has 1 saturated heterocycles. The van der Waals surface area contributed by atoms with Gasteiger partial charge in [0, 0.05) is 49.5 Å².